The molecular formula is C16H32N2. The summed E-state index contributed by atoms with van der Waals surface area (Å²) in [7, 11) is 0. The molecule has 1 saturated heterocycles. The largest absolute Gasteiger partial charge is 0.311 e. The van der Waals surface area contributed by atoms with Crippen LogP contribution in [0, 0.1) is 5.92 Å². The molecular weight excluding hydrogens is 220 g/mol. The maximum Gasteiger partial charge on any atom is 0.0306 e. The summed E-state index contributed by atoms with van der Waals surface area (Å²) in [5, 5.41) is 3.87. The van der Waals surface area contributed by atoms with Crippen LogP contribution in [-0.4, -0.2) is 35.6 Å². The Morgan fingerprint density at radius 2 is 1.89 bits per heavy atom. The zero-order chi connectivity index (χ0) is 13.2. The van der Waals surface area contributed by atoms with E-state index in [4.69, 9.17) is 0 Å². The predicted molar refractivity (Wildman–Crippen MR) is 78.9 cm³/mol. The van der Waals surface area contributed by atoms with Gasteiger partial charge in [0.05, 0.1) is 0 Å². The van der Waals surface area contributed by atoms with Crippen LogP contribution in [0.4, 0.5) is 0 Å². The second-order valence-corrected chi connectivity index (χ2v) is 6.98. The Morgan fingerprint density at radius 1 is 1.22 bits per heavy atom. The summed E-state index contributed by atoms with van der Waals surface area (Å²) >= 11 is 0. The van der Waals surface area contributed by atoms with Crippen molar-refractivity contribution in [2.24, 2.45) is 5.92 Å². The number of hydrogen-bond acceptors (Lipinski definition) is 2. The Labute approximate surface area is 114 Å². The van der Waals surface area contributed by atoms with Gasteiger partial charge in [0.1, 0.15) is 0 Å². The first kappa shape index (κ1) is 14.3. The van der Waals surface area contributed by atoms with E-state index in [0.29, 0.717) is 11.6 Å². The van der Waals surface area contributed by atoms with Gasteiger partial charge in [0, 0.05) is 30.7 Å². The minimum Gasteiger partial charge on any atom is -0.311 e. The van der Waals surface area contributed by atoms with Gasteiger partial charge in [-0.25, -0.2) is 0 Å². The molecule has 1 N–H and O–H groups in total. The third-order valence-electron chi connectivity index (χ3n) is 5.44. The van der Waals surface area contributed by atoms with Gasteiger partial charge in [0.2, 0.25) is 0 Å². The SMILES string of the molecule is CCC1(C)CNC(C2CCCCC2)CN1C(C)C. The minimum absolute atomic E-state index is 0.360. The fourth-order valence-electron chi connectivity index (χ4n) is 3.96. The van der Waals surface area contributed by atoms with Crippen LogP contribution in [0.5, 0.6) is 0 Å². The molecule has 2 heteroatoms. The molecule has 2 unspecified atom stereocenters. The molecule has 0 radical (unpaired) electrons. The van der Waals surface area contributed by atoms with Gasteiger partial charge in [-0.05, 0) is 46.0 Å². The van der Waals surface area contributed by atoms with Gasteiger partial charge in [-0.3, -0.25) is 4.90 Å². The zero-order valence-electron chi connectivity index (χ0n) is 12.8. The van der Waals surface area contributed by atoms with Crippen LogP contribution in [-0.2, 0) is 0 Å². The van der Waals surface area contributed by atoms with E-state index in [1.165, 1.54) is 51.6 Å². The van der Waals surface area contributed by atoms with E-state index in [1.54, 1.807) is 0 Å². The molecule has 2 atom stereocenters. The molecule has 0 aromatic carbocycles. The molecule has 0 aromatic rings. The summed E-state index contributed by atoms with van der Waals surface area (Å²) in [5.41, 5.74) is 0.360. The number of nitrogens with one attached hydrogen (secondary N) is 1. The van der Waals surface area contributed by atoms with Crippen LogP contribution in [0.2, 0.25) is 0 Å². The maximum atomic E-state index is 3.87. The first-order valence-corrected chi connectivity index (χ1v) is 8.07. The van der Waals surface area contributed by atoms with Gasteiger partial charge < -0.3 is 5.32 Å². The lowest BCUT2D eigenvalue weighted by Crippen LogP contribution is -2.66. The van der Waals surface area contributed by atoms with E-state index in [-0.39, 0.29) is 0 Å². The van der Waals surface area contributed by atoms with Crippen LogP contribution < -0.4 is 5.32 Å². The van der Waals surface area contributed by atoms with Crippen molar-refractivity contribution in [3.8, 4) is 0 Å². The zero-order valence-corrected chi connectivity index (χ0v) is 12.8. The normalized spacial score (nSPS) is 36.2. The van der Waals surface area contributed by atoms with E-state index in [2.05, 4.69) is 37.9 Å². The van der Waals surface area contributed by atoms with Crippen molar-refractivity contribution in [2.75, 3.05) is 13.1 Å². The quantitative estimate of drug-likeness (QED) is 0.828. The predicted octanol–water partition coefficient (Wildman–Crippen LogP) is 3.42. The second kappa shape index (κ2) is 5.92. The van der Waals surface area contributed by atoms with E-state index in [1.807, 2.05) is 0 Å². The van der Waals surface area contributed by atoms with Crippen LogP contribution in [0.25, 0.3) is 0 Å². The summed E-state index contributed by atoms with van der Waals surface area (Å²) in [6, 6.07) is 1.41. The fraction of sp³-hybridized carbons (Fsp3) is 1.00. The molecule has 0 bridgehead atoms. The molecule has 18 heavy (non-hydrogen) atoms. The van der Waals surface area contributed by atoms with Gasteiger partial charge in [0.25, 0.3) is 0 Å². The lowest BCUT2D eigenvalue weighted by molar-refractivity contribution is 0.00609. The lowest BCUT2D eigenvalue weighted by Gasteiger charge is -2.52. The molecule has 2 fully saturated rings. The molecule has 2 nitrogen and oxygen atoms in total. The van der Waals surface area contributed by atoms with Gasteiger partial charge in [-0.1, -0.05) is 26.2 Å². The summed E-state index contributed by atoms with van der Waals surface area (Å²) in [5.74, 6) is 0.932. The molecule has 1 aliphatic carbocycles. The Kier molecular flexibility index (Phi) is 4.71. The van der Waals surface area contributed by atoms with Crippen molar-refractivity contribution < 1.29 is 0 Å². The summed E-state index contributed by atoms with van der Waals surface area (Å²) in [6.07, 6.45) is 8.52. The van der Waals surface area contributed by atoms with Crippen LogP contribution in [0.15, 0.2) is 0 Å². The highest BCUT2D eigenvalue weighted by atomic mass is 15.3. The first-order chi connectivity index (χ1) is 8.57. The Hall–Kier alpha value is -0.0800. The fourth-order valence-corrected chi connectivity index (χ4v) is 3.96. The van der Waals surface area contributed by atoms with Crippen LogP contribution >= 0.6 is 0 Å². The minimum atomic E-state index is 0.360. The number of piperazine rings is 1. The molecule has 0 spiro atoms. The topological polar surface area (TPSA) is 15.3 Å². The Bertz CT molecular complexity index is 258. The highest BCUT2D eigenvalue weighted by Gasteiger charge is 2.39. The molecule has 1 aliphatic heterocycles. The van der Waals surface area contributed by atoms with Gasteiger partial charge in [-0.2, -0.15) is 0 Å². The molecule has 0 amide bonds. The van der Waals surface area contributed by atoms with Gasteiger partial charge in [0.15, 0.2) is 0 Å². The van der Waals surface area contributed by atoms with Crippen molar-refractivity contribution in [1.82, 2.24) is 10.2 Å². The summed E-state index contributed by atoms with van der Waals surface area (Å²) in [6.45, 7) is 11.9. The second-order valence-electron chi connectivity index (χ2n) is 6.98. The van der Waals surface area contributed by atoms with Crippen molar-refractivity contribution in [3.05, 3.63) is 0 Å². The number of rotatable bonds is 3. The molecule has 1 heterocycles. The van der Waals surface area contributed by atoms with Crippen LogP contribution in [0.3, 0.4) is 0 Å². The average molecular weight is 252 g/mol. The lowest BCUT2D eigenvalue weighted by atomic mass is 9.80. The average Bonchev–Trinajstić information content (AvgIpc) is 2.40. The summed E-state index contributed by atoms with van der Waals surface area (Å²) < 4.78 is 0. The van der Waals surface area contributed by atoms with Crippen LogP contribution in [0.1, 0.15) is 66.2 Å². The first-order valence-electron chi connectivity index (χ1n) is 8.07. The smallest absolute Gasteiger partial charge is 0.0306 e. The Morgan fingerprint density at radius 3 is 2.44 bits per heavy atom. The van der Waals surface area contributed by atoms with E-state index < -0.39 is 0 Å². The van der Waals surface area contributed by atoms with Crippen molar-refractivity contribution in [3.63, 3.8) is 0 Å². The summed E-state index contributed by atoms with van der Waals surface area (Å²) in [4.78, 5) is 2.75. The molecule has 2 rings (SSSR count). The van der Waals surface area contributed by atoms with E-state index in [9.17, 15) is 0 Å². The monoisotopic (exact) mass is 252 g/mol. The highest BCUT2D eigenvalue weighted by Crippen LogP contribution is 2.32. The number of hydrogen-bond donors (Lipinski definition) is 1. The molecule has 106 valence electrons. The Balaban J connectivity index is 2.01. The van der Waals surface area contributed by atoms with E-state index in [0.717, 1.165) is 12.0 Å². The molecule has 1 saturated carbocycles. The maximum absolute atomic E-state index is 3.87. The third kappa shape index (κ3) is 2.91. The van der Waals surface area contributed by atoms with Crippen molar-refractivity contribution in [1.29, 1.82) is 0 Å². The van der Waals surface area contributed by atoms with Crippen molar-refractivity contribution >= 4 is 0 Å². The molecule has 0 aromatic heterocycles. The van der Waals surface area contributed by atoms with Gasteiger partial charge in [-0.15, -0.1) is 0 Å². The standard InChI is InChI=1S/C16H32N2/c1-5-16(4)12-17-15(11-18(16)13(2)3)14-9-7-6-8-10-14/h13-15,17H,5-12H2,1-4H3. The number of nitrogens with zero attached hydrogens (tertiary/aromatic N) is 1. The van der Waals surface area contributed by atoms with E-state index >= 15 is 0 Å². The molecule has 2 aliphatic rings. The van der Waals surface area contributed by atoms with Gasteiger partial charge >= 0.3 is 0 Å². The van der Waals surface area contributed by atoms with Crippen molar-refractivity contribution in [2.45, 2.75) is 83.8 Å². The highest BCUT2D eigenvalue weighted by molar-refractivity contribution is 4.98. The third-order valence-corrected chi connectivity index (χ3v) is 5.44.